The van der Waals surface area contributed by atoms with Crippen LogP contribution in [0.4, 0.5) is 11.4 Å². The van der Waals surface area contributed by atoms with Gasteiger partial charge < -0.3 is 19.4 Å². The van der Waals surface area contributed by atoms with Crippen molar-refractivity contribution < 1.29 is 13.9 Å². The van der Waals surface area contributed by atoms with Gasteiger partial charge in [-0.3, -0.25) is 4.79 Å². The van der Waals surface area contributed by atoms with Gasteiger partial charge in [0.2, 0.25) is 11.8 Å². The average molecular weight is 445 g/mol. The number of aryl methyl sites for hydroxylation is 1. The molecule has 0 radical (unpaired) electrons. The molecule has 1 aromatic heterocycles. The topological polar surface area (TPSA) is 80.5 Å². The van der Waals surface area contributed by atoms with Crippen molar-refractivity contribution in [1.82, 2.24) is 10.2 Å². The van der Waals surface area contributed by atoms with Crippen molar-refractivity contribution in [1.29, 1.82) is 0 Å². The first-order valence-electron chi connectivity index (χ1n) is 9.54. The van der Waals surface area contributed by atoms with Crippen LogP contribution < -0.4 is 10.2 Å². The van der Waals surface area contributed by atoms with Crippen molar-refractivity contribution in [2.24, 2.45) is 0 Å². The van der Waals surface area contributed by atoms with E-state index >= 15 is 0 Å². The van der Waals surface area contributed by atoms with Crippen LogP contribution in [0, 0.1) is 6.92 Å². The quantitative estimate of drug-likeness (QED) is 0.568. The van der Waals surface area contributed by atoms with Crippen molar-refractivity contribution in [3.63, 3.8) is 0 Å². The molecule has 156 valence electrons. The normalized spacial score (nSPS) is 14.0. The Bertz CT molecular complexity index is 1040. The number of aromatic nitrogens is 2. The van der Waals surface area contributed by atoms with Crippen molar-refractivity contribution in [2.45, 2.75) is 12.1 Å². The van der Waals surface area contributed by atoms with Gasteiger partial charge in [0, 0.05) is 23.7 Å². The summed E-state index contributed by atoms with van der Waals surface area (Å²) < 4.78 is 11.1. The SMILES string of the molecule is Cc1cccc(-c2nnc(SCC(=O)Nc3cc(Cl)ccc3N3CCOCC3)o2)c1. The molecule has 1 saturated heterocycles. The van der Waals surface area contributed by atoms with Gasteiger partial charge in [-0.2, -0.15) is 0 Å². The Balaban J connectivity index is 1.39. The molecule has 2 heterocycles. The van der Waals surface area contributed by atoms with Crippen LogP contribution in [0.15, 0.2) is 52.1 Å². The molecule has 0 aliphatic carbocycles. The average Bonchev–Trinajstić information content (AvgIpc) is 3.22. The zero-order valence-corrected chi connectivity index (χ0v) is 18.0. The Morgan fingerprint density at radius 2 is 2.03 bits per heavy atom. The summed E-state index contributed by atoms with van der Waals surface area (Å²) in [5, 5.41) is 12.0. The summed E-state index contributed by atoms with van der Waals surface area (Å²) in [4.78, 5) is 14.7. The highest BCUT2D eigenvalue weighted by Gasteiger charge is 2.17. The van der Waals surface area contributed by atoms with Crippen molar-refractivity contribution in [3.8, 4) is 11.5 Å². The second-order valence-corrected chi connectivity index (χ2v) is 8.20. The van der Waals surface area contributed by atoms with E-state index in [0.717, 1.165) is 29.9 Å². The molecule has 4 rings (SSSR count). The summed E-state index contributed by atoms with van der Waals surface area (Å²) in [7, 11) is 0. The Kier molecular flexibility index (Phi) is 6.56. The molecule has 1 fully saturated rings. The number of nitrogens with one attached hydrogen (secondary N) is 1. The summed E-state index contributed by atoms with van der Waals surface area (Å²) in [6, 6.07) is 13.3. The van der Waals surface area contributed by atoms with E-state index in [-0.39, 0.29) is 11.7 Å². The van der Waals surface area contributed by atoms with E-state index in [1.807, 2.05) is 43.3 Å². The highest BCUT2D eigenvalue weighted by atomic mass is 35.5. The second-order valence-electron chi connectivity index (χ2n) is 6.84. The van der Waals surface area contributed by atoms with E-state index in [1.165, 1.54) is 11.8 Å². The smallest absolute Gasteiger partial charge is 0.277 e. The van der Waals surface area contributed by atoms with Gasteiger partial charge in [-0.1, -0.05) is 41.1 Å². The molecule has 0 atom stereocenters. The lowest BCUT2D eigenvalue weighted by molar-refractivity contribution is -0.113. The van der Waals surface area contributed by atoms with Gasteiger partial charge in [-0.05, 0) is 37.3 Å². The van der Waals surface area contributed by atoms with Crippen LogP contribution in [0.25, 0.3) is 11.5 Å². The molecule has 0 saturated carbocycles. The Hall–Kier alpha value is -2.55. The number of thioether (sulfide) groups is 1. The van der Waals surface area contributed by atoms with Crippen molar-refractivity contribution >= 4 is 40.6 Å². The second kappa shape index (κ2) is 9.51. The molecule has 30 heavy (non-hydrogen) atoms. The van der Waals surface area contributed by atoms with E-state index < -0.39 is 0 Å². The number of amides is 1. The monoisotopic (exact) mass is 444 g/mol. The molecular weight excluding hydrogens is 424 g/mol. The number of carbonyl (C=O) groups excluding carboxylic acids is 1. The molecular formula is C21H21ClN4O3S. The standard InChI is InChI=1S/C21H21ClN4O3S/c1-14-3-2-4-15(11-14)20-24-25-21(29-20)30-13-19(27)23-17-12-16(22)5-6-18(17)26-7-9-28-10-8-26/h2-6,11-12H,7-10,13H2,1H3,(H,23,27). The van der Waals surface area contributed by atoms with E-state index in [4.69, 9.17) is 20.8 Å². The summed E-state index contributed by atoms with van der Waals surface area (Å²) in [5.74, 6) is 0.406. The fourth-order valence-electron chi connectivity index (χ4n) is 3.16. The van der Waals surface area contributed by atoms with Crippen LogP contribution in [0.3, 0.4) is 0 Å². The summed E-state index contributed by atoms with van der Waals surface area (Å²) in [6.45, 7) is 4.85. The fourth-order valence-corrected chi connectivity index (χ4v) is 3.90. The van der Waals surface area contributed by atoms with Gasteiger partial charge in [0.25, 0.3) is 5.22 Å². The lowest BCUT2D eigenvalue weighted by Gasteiger charge is -2.30. The minimum atomic E-state index is -0.174. The predicted octanol–water partition coefficient (Wildman–Crippen LogP) is 4.27. The highest BCUT2D eigenvalue weighted by Crippen LogP contribution is 2.30. The number of rotatable bonds is 6. The van der Waals surface area contributed by atoms with Gasteiger partial charge in [0.05, 0.1) is 30.3 Å². The number of ether oxygens (including phenoxy) is 1. The first-order valence-corrected chi connectivity index (χ1v) is 10.9. The fraction of sp³-hybridized carbons (Fsp3) is 0.286. The summed E-state index contributed by atoms with van der Waals surface area (Å²) in [6.07, 6.45) is 0. The van der Waals surface area contributed by atoms with E-state index in [1.54, 1.807) is 6.07 Å². The number of benzene rings is 2. The molecule has 2 aromatic carbocycles. The maximum Gasteiger partial charge on any atom is 0.277 e. The third kappa shape index (κ3) is 5.13. The van der Waals surface area contributed by atoms with E-state index in [0.29, 0.717) is 35.0 Å². The number of hydrogen-bond acceptors (Lipinski definition) is 7. The number of morpholine rings is 1. The van der Waals surface area contributed by atoms with Crippen LogP contribution in [-0.4, -0.2) is 48.2 Å². The molecule has 0 unspecified atom stereocenters. The Labute approximate surface area is 183 Å². The number of carbonyl (C=O) groups is 1. The maximum atomic E-state index is 12.5. The maximum absolute atomic E-state index is 12.5. The number of nitrogens with zero attached hydrogens (tertiary/aromatic N) is 3. The number of anilines is 2. The van der Waals surface area contributed by atoms with Crippen LogP contribution >= 0.6 is 23.4 Å². The van der Waals surface area contributed by atoms with Gasteiger partial charge in [-0.25, -0.2) is 0 Å². The van der Waals surface area contributed by atoms with Gasteiger partial charge in [-0.15, -0.1) is 10.2 Å². The molecule has 0 bridgehead atoms. The Morgan fingerprint density at radius 3 is 2.83 bits per heavy atom. The largest absolute Gasteiger partial charge is 0.411 e. The zero-order valence-electron chi connectivity index (χ0n) is 16.4. The predicted molar refractivity (Wildman–Crippen MR) is 118 cm³/mol. The van der Waals surface area contributed by atoms with Crippen LogP contribution in [0.1, 0.15) is 5.56 Å². The molecule has 1 amide bonds. The third-order valence-electron chi connectivity index (χ3n) is 4.58. The van der Waals surface area contributed by atoms with E-state index in [2.05, 4.69) is 20.4 Å². The number of halogens is 1. The lowest BCUT2D eigenvalue weighted by atomic mass is 10.1. The minimum Gasteiger partial charge on any atom is -0.411 e. The summed E-state index contributed by atoms with van der Waals surface area (Å²) in [5.41, 5.74) is 3.58. The Morgan fingerprint density at radius 1 is 1.20 bits per heavy atom. The van der Waals surface area contributed by atoms with Crippen molar-refractivity contribution in [3.05, 3.63) is 53.1 Å². The molecule has 9 heteroatoms. The molecule has 3 aromatic rings. The number of hydrogen-bond donors (Lipinski definition) is 1. The van der Waals surface area contributed by atoms with Crippen LogP contribution in [-0.2, 0) is 9.53 Å². The first-order chi connectivity index (χ1) is 14.6. The molecule has 1 aliphatic rings. The molecule has 1 aliphatic heterocycles. The molecule has 0 spiro atoms. The van der Waals surface area contributed by atoms with Crippen LogP contribution in [0.2, 0.25) is 5.02 Å². The van der Waals surface area contributed by atoms with Gasteiger partial charge in [0.1, 0.15) is 0 Å². The van der Waals surface area contributed by atoms with Gasteiger partial charge >= 0.3 is 0 Å². The molecule has 7 nitrogen and oxygen atoms in total. The van der Waals surface area contributed by atoms with Crippen molar-refractivity contribution in [2.75, 3.05) is 42.3 Å². The third-order valence-corrected chi connectivity index (χ3v) is 5.64. The van der Waals surface area contributed by atoms with E-state index in [9.17, 15) is 4.79 Å². The first kappa shape index (κ1) is 20.7. The molecule has 1 N–H and O–H groups in total. The summed E-state index contributed by atoms with van der Waals surface area (Å²) >= 11 is 7.35. The van der Waals surface area contributed by atoms with Crippen LogP contribution in [0.5, 0.6) is 0 Å². The zero-order chi connectivity index (χ0) is 20.9. The minimum absolute atomic E-state index is 0.143. The highest BCUT2D eigenvalue weighted by molar-refractivity contribution is 7.99. The van der Waals surface area contributed by atoms with Gasteiger partial charge in [0.15, 0.2) is 0 Å². The lowest BCUT2D eigenvalue weighted by Crippen LogP contribution is -2.36.